The fourth-order valence-electron chi connectivity index (χ4n) is 1.53. The summed E-state index contributed by atoms with van der Waals surface area (Å²) in [4.78, 5) is 0. The number of anilines is 2. The summed E-state index contributed by atoms with van der Waals surface area (Å²) >= 11 is 5.53. The van der Waals surface area contributed by atoms with Gasteiger partial charge in [0.25, 0.3) is 0 Å². The molecule has 20 heavy (non-hydrogen) atoms. The van der Waals surface area contributed by atoms with Gasteiger partial charge >= 0.3 is 12.2 Å². The second kappa shape index (κ2) is 5.70. The van der Waals surface area contributed by atoms with E-state index in [1.54, 1.807) is 6.92 Å². The van der Waals surface area contributed by atoms with Crippen LogP contribution in [0.3, 0.4) is 0 Å². The van der Waals surface area contributed by atoms with Gasteiger partial charge in [0.2, 0.25) is 5.89 Å². The lowest BCUT2D eigenvalue weighted by Crippen LogP contribution is -2.06. The highest BCUT2D eigenvalue weighted by Gasteiger charge is 2.30. The number of benzene rings is 1. The molecule has 0 aliphatic carbocycles. The van der Waals surface area contributed by atoms with Crippen molar-refractivity contribution in [1.82, 2.24) is 10.2 Å². The molecule has 2 aromatic rings. The Kier molecular flexibility index (Phi) is 4.17. The molecule has 0 unspecified atom stereocenters. The van der Waals surface area contributed by atoms with Crippen LogP contribution in [0.1, 0.15) is 17.0 Å². The second-order valence-corrected chi connectivity index (χ2v) is 4.47. The van der Waals surface area contributed by atoms with E-state index < -0.39 is 11.7 Å². The number of aryl methyl sites for hydroxylation is 2. The molecule has 0 atom stereocenters. The van der Waals surface area contributed by atoms with Gasteiger partial charge in [0.05, 0.1) is 5.56 Å². The van der Waals surface area contributed by atoms with Gasteiger partial charge in [-0.2, -0.15) is 13.2 Å². The summed E-state index contributed by atoms with van der Waals surface area (Å²) in [6.07, 6.45) is -4.00. The van der Waals surface area contributed by atoms with Crippen LogP contribution in [0.5, 0.6) is 0 Å². The standard InChI is InChI=1S/C12H11ClF3N3O/c1-7-2-3-8(12(14,15)16)6-9(7)17-11-19-18-10(20-11)4-5-13/h2-3,6H,4-5H2,1H3,(H,17,19). The predicted molar refractivity (Wildman–Crippen MR) is 68.2 cm³/mol. The first-order chi connectivity index (χ1) is 9.40. The molecule has 1 aromatic heterocycles. The molecule has 0 saturated heterocycles. The van der Waals surface area contributed by atoms with Gasteiger partial charge in [-0.15, -0.1) is 16.7 Å². The van der Waals surface area contributed by atoms with E-state index in [0.29, 0.717) is 23.8 Å². The lowest BCUT2D eigenvalue weighted by molar-refractivity contribution is -0.137. The molecule has 1 N–H and O–H groups in total. The maximum absolute atomic E-state index is 12.6. The molecule has 0 aliphatic heterocycles. The molecule has 8 heteroatoms. The van der Waals surface area contributed by atoms with E-state index in [1.807, 2.05) is 0 Å². The second-order valence-electron chi connectivity index (χ2n) is 4.09. The molecular weight excluding hydrogens is 295 g/mol. The molecule has 1 heterocycles. The van der Waals surface area contributed by atoms with Gasteiger partial charge in [-0.25, -0.2) is 0 Å². The van der Waals surface area contributed by atoms with Crippen LogP contribution in [0, 0.1) is 6.92 Å². The molecule has 0 radical (unpaired) electrons. The Morgan fingerprint density at radius 3 is 2.70 bits per heavy atom. The van der Waals surface area contributed by atoms with Crippen molar-refractivity contribution in [3.05, 3.63) is 35.2 Å². The smallest absolute Gasteiger partial charge is 0.408 e. The van der Waals surface area contributed by atoms with Gasteiger partial charge in [0, 0.05) is 18.0 Å². The summed E-state index contributed by atoms with van der Waals surface area (Å²) < 4.78 is 43.2. The van der Waals surface area contributed by atoms with Crippen molar-refractivity contribution in [3.63, 3.8) is 0 Å². The van der Waals surface area contributed by atoms with E-state index in [-0.39, 0.29) is 11.7 Å². The van der Waals surface area contributed by atoms with Crippen molar-refractivity contribution in [2.75, 3.05) is 11.2 Å². The quantitative estimate of drug-likeness (QED) is 0.870. The van der Waals surface area contributed by atoms with Crippen LogP contribution in [0.25, 0.3) is 0 Å². The van der Waals surface area contributed by atoms with Crippen LogP contribution < -0.4 is 5.32 Å². The van der Waals surface area contributed by atoms with Crippen LogP contribution in [-0.2, 0) is 12.6 Å². The summed E-state index contributed by atoms with van der Waals surface area (Å²) in [6.45, 7) is 1.68. The molecule has 0 saturated carbocycles. The summed E-state index contributed by atoms with van der Waals surface area (Å²) in [5, 5.41) is 10.1. The SMILES string of the molecule is Cc1ccc(C(F)(F)F)cc1Nc1nnc(CCCl)o1. The van der Waals surface area contributed by atoms with Gasteiger partial charge < -0.3 is 9.73 Å². The minimum Gasteiger partial charge on any atom is -0.408 e. The highest BCUT2D eigenvalue weighted by Crippen LogP contribution is 2.32. The number of hydrogen-bond acceptors (Lipinski definition) is 4. The highest BCUT2D eigenvalue weighted by molar-refractivity contribution is 6.17. The molecule has 0 aliphatic rings. The van der Waals surface area contributed by atoms with Gasteiger partial charge in [0.15, 0.2) is 0 Å². The highest BCUT2D eigenvalue weighted by atomic mass is 35.5. The first-order valence-corrected chi connectivity index (χ1v) is 6.27. The Bertz CT molecular complexity index is 598. The first-order valence-electron chi connectivity index (χ1n) is 5.73. The van der Waals surface area contributed by atoms with Crippen molar-refractivity contribution < 1.29 is 17.6 Å². The third kappa shape index (κ3) is 3.41. The number of nitrogens with zero attached hydrogens (tertiary/aromatic N) is 2. The van der Waals surface area contributed by atoms with E-state index in [2.05, 4.69) is 15.5 Å². The number of hydrogen-bond donors (Lipinski definition) is 1. The summed E-state index contributed by atoms with van der Waals surface area (Å²) in [7, 11) is 0. The lowest BCUT2D eigenvalue weighted by Gasteiger charge is -2.11. The minimum absolute atomic E-state index is 0.0348. The van der Waals surface area contributed by atoms with Crippen molar-refractivity contribution in [2.45, 2.75) is 19.5 Å². The van der Waals surface area contributed by atoms with E-state index >= 15 is 0 Å². The van der Waals surface area contributed by atoms with Crippen LogP contribution in [0.15, 0.2) is 22.6 Å². The Labute approximate surface area is 118 Å². The number of nitrogens with one attached hydrogen (secondary N) is 1. The van der Waals surface area contributed by atoms with Gasteiger partial charge in [-0.3, -0.25) is 0 Å². The molecule has 0 amide bonds. The maximum Gasteiger partial charge on any atom is 0.416 e. The van der Waals surface area contributed by atoms with Crippen molar-refractivity contribution in [1.29, 1.82) is 0 Å². The van der Waals surface area contributed by atoms with Crippen LogP contribution in [-0.4, -0.2) is 16.1 Å². The summed E-state index contributed by atoms with van der Waals surface area (Å²) in [5.41, 5.74) is 0.155. The normalized spacial score (nSPS) is 11.7. The van der Waals surface area contributed by atoms with Crippen LogP contribution in [0.2, 0.25) is 0 Å². The average Bonchev–Trinajstić information content (AvgIpc) is 2.78. The van der Waals surface area contributed by atoms with E-state index in [0.717, 1.165) is 12.1 Å². The molecule has 0 bridgehead atoms. The molecular formula is C12H11ClF3N3O. The zero-order valence-electron chi connectivity index (χ0n) is 10.5. The maximum atomic E-state index is 12.6. The molecule has 4 nitrogen and oxygen atoms in total. The van der Waals surface area contributed by atoms with Gasteiger partial charge in [-0.1, -0.05) is 11.2 Å². The fourth-order valence-corrected chi connectivity index (χ4v) is 1.70. The zero-order valence-corrected chi connectivity index (χ0v) is 11.2. The van der Waals surface area contributed by atoms with E-state index in [9.17, 15) is 13.2 Å². The lowest BCUT2D eigenvalue weighted by atomic mass is 10.1. The Morgan fingerprint density at radius 2 is 2.05 bits per heavy atom. The van der Waals surface area contributed by atoms with E-state index in [1.165, 1.54) is 6.07 Å². The van der Waals surface area contributed by atoms with Crippen molar-refractivity contribution in [2.24, 2.45) is 0 Å². The minimum atomic E-state index is -4.40. The third-order valence-electron chi connectivity index (χ3n) is 2.58. The fraction of sp³-hybridized carbons (Fsp3) is 0.333. The molecule has 1 aromatic carbocycles. The number of rotatable bonds is 4. The monoisotopic (exact) mass is 305 g/mol. The van der Waals surface area contributed by atoms with Crippen LogP contribution in [0.4, 0.5) is 24.9 Å². The molecule has 108 valence electrons. The number of aromatic nitrogens is 2. The first kappa shape index (κ1) is 14.6. The third-order valence-corrected chi connectivity index (χ3v) is 2.77. The largest absolute Gasteiger partial charge is 0.416 e. The Morgan fingerprint density at radius 1 is 1.30 bits per heavy atom. The average molecular weight is 306 g/mol. The number of alkyl halides is 4. The Balaban J connectivity index is 2.23. The predicted octanol–water partition coefficient (Wildman–Crippen LogP) is 3.92. The van der Waals surface area contributed by atoms with Crippen molar-refractivity contribution >= 4 is 23.3 Å². The summed E-state index contributed by atoms with van der Waals surface area (Å²) in [6, 6.07) is 3.43. The summed E-state index contributed by atoms with van der Waals surface area (Å²) in [5.74, 6) is 0.650. The molecule has 2 rings (SSSR count). The van der Waals surface area contributed by atoms with Gasteiger partial charge in [-0.05, 0) is 24.6 Å². The van der Waals surface area contributed by atoms with E-state index in [4.69, 9.17) is 16.0 Å². The topological polar surface area (TPSA) is 51.0 Å². The molecule has 0 spiro atoms. The Hall–Kier alpha value is -1.76. The van der Waals surface area contributed by atoms with Crippen LogP contribution >= 0.6 is 11.6 Å². The zero-order chi connectivity index (χ0) is 14.8. The number of halogens is 4. The van der Waals surface area contributed by atoms with Crippen molar-refractivity contribution in [3.8, 4) is 0 Å². The van der Waals surface area contributed by atoms with Gasteiger partial charge in [0.1, 0.15) is 0 Å². The molecule has 0 fully saturated rings.